The molecule has 0 aromatic heterocycles. The van der Waals surface area contributed by atoms with E-state index in [1.54, 1.807) is 41.5 Å². The van der Waals surface area contributed by atoms with Crippen LogP contribution in [0.5, 0.6) is 0 Å². The Kier molecular flexibility index (Phi) is 26.8. The van der Waals surface area contributed by atoms with Gasteiger partial charge >= 0.3 is 17.9 Å². The summed E-state index contributed by atoms with van der Waals surface area (Å²) in [6.45, 7) is 11.5. The molecule has 0 bridgehead atoms. The maximum atomic E-state index is 13.7. The van der Waals surface area contributed by atoms with Crippen LogP contribution in [0, 0.1) is 17.8 Å². The highest BCUT2D eigenvalue weighted by Gasteiger charge is 2.36. The molecule has 0 saturated heterocycles. The quantitative estimate of drug-likeness (QED) is 0.0296. The van der Waals surface area contributed by atoms with Crippen molar-refractivity contribution in [1.82, 2.24) is 42.5 Å². The first kappa shape index (κ1) is 59.0. The van der Waals surface area contributed by atoms with Crippen molar-refractivity contribution in [3.63, 3.8) is 0 Å². The van der Waals surface area contributed by atoms with E-state index >= 15 is 0 Å². The summed E-state index contributed by atoms with van der Waals surface area (Å²) in [5, 5.41) is 56.7. The van der Waals surface area contributed by atoms with Crippen molar-refractivity contribution in [3.05, 3.63) is 0 Å². The van der Waals surface area contributed by atoms with Gasteiger partial charge in [-0.25, -0.2) is 4.79 Å². The van der Waals surface area contributed by atoms with Crippen LogP contribution in [-0.4, -0.2) is 153 Å². The minimum absolute atomic E-state index is 0.0186. The van der Waals surface area contributed by atoms with Crippen LogP contribution in [0.3, 0.4) is 0 Å². The monoisotopic (exact) mass is 931 g/mol. The molecule has 0 aliphatic carbocycles. The molecule has 65 heavy (non-hydrogen) atoms. The second kappa shape index (κ2) is 29.5. The number of aliphatic hydroxyl groups excluding tert-OH is 1. The molecule has 0 aromatic rings. The summed E-state index contributed by atoms with van der Waals surface area (Å²) in [5.74, 6) is -12.8. The van der Waals surface area contributed by atoms with E-state index < -0.39 is 163 Å². The lowest BCUT2D eigenvalue weighted by atomic mass is 9.98. The van der Waals surface area contributed by atoms with E-state index in [-0.39, 0.29) is 19.4 Å². The first-order valence-corrected chi connectivity index (χ1v) is 21.3. The molecule has 0 rings (SSSR count). The molecule has 0 aliphatic heterocycles. The molecule has 0 saturated carbocycles. The van der Waals surface area contributed by atoms with Crippen molar-refractivity contribution in [2.45, 2.75) is 155 Å². The fraction of sp³-hybridized carbons (Fsp3) is 0.725. The van der Waals surface area contributed by atoms with Crippen LogP contribution in [0.1, 0.15) is 100 Å². The molecule has 0 aromatic carbocycles. The van der Waals surface area contributed by atoms with Crippen molar-refractivity contribution in [2.24, 2.45) is 29.2 Å². The predicted molar refractivity (Wildman–Crippen MR) is 231 cm³/mol. The Hall–Kier alpha value is -5.95. The number of nitrogens with two attached hydrogens (primary N) is 2. The molecule has 0 heterocycles. The largest absolute Gasteiger partial charge is 0.481 e. The molecule has 0 fully saturated rings. The van der Waals surface area contributed by atoms with Crippen LogP contribution in [-0.2, 0) is 52.7 Å². The number of carboxylic acids is 3. The molecule has 0 spiro atoms. The SMILES string of the molecule is CC(C)[C@H](NC(=O)[C@H](C)NC(=O)[C@@H](NC(=O)[C@@H](NC(=O)[C@H](CCC(=O)O)NC(=O)[C@H](C)N)C(C)C)C(C)C)C(=O)N[C@@H](CCCCN)C(=O)N[C@@H](CO)C(=O)N[C@@H](CCC(=O)O)C(=O)O. The maximum Gasteiger partial charge on any atom is 0.326 e. The first-order chi connectivity index (χ1) is 30.2. The second-order valence-corrected chi connectivity index (χ2v) is 16.6. The third kappa shape index (κ3) is 22.0. The highest BCUT2D eigenvalue weighted by atomic mass is 16.4. The van der Waals surface area contributed by atoms with Gasteiger partial charge in [0.15, 0.2) is 0 Å². The Morgan fingerprint density at radius 3 is 1.22 bits per heavy atom. The Balaban J connectivity index is 6.05. The summed E-state index contributed by atoms with van der Waals surface area (Å²) in [5.41, 5.74) is 11.2. The number of carbonyl (C=O) groups excluding carboxylic acids is 8. The van der Waals surface area contributed by atoms with Gasteiger partial charge in [0.1, 0.15) is 48.3 Å². The normalized spacial score (nSPS) is 15.4. The van der Waals surface area contributed by atoms with E-state index in [2.05, 4.69) is 42.5 Å². The van der Waals surface area contributed by atoms with Crippen LogP contribution in [0.15, 0.2) is 0 Å². The van der Waals surface area contributed by atoms with Gasteiger partial charge in [0.2, 0.25) is 47.3 Å². The van der Waals surface area contributed by atoms with Gasteiger partial charge < -0.3 is 74.4 Å². The molecule has 9 atom stereocenters. The Morgan fingerprint density at radius 2 is 0.785 bits per heavy atom. The van der Waals surface area contributed by atoms with E-state index in [9.17, 15) is 63.0 Å². The van der Waals surface area contributed by atoms with E-state index in [0.717, 1.165) is 0 Å². The van der Waals surface area contributed by atoms with Crippen molar-refractivity contribution < 1.29 is 73.2 Å². The van der Waals surface area contributed by atoms with E-state index in [4.69, 9.17) is 21.7 Å². The number of aliphatic carboxylic acids is 3. The number of carbonyl (C=O) groups is 11. The number of hydrogen-bond donors (Lipinski definition) is 14. The lowest BCUT2D eigenvalue weighted by molar-refractivity contribution is -0.144. The van der Waals surface area contributed by atoms with Crippen LogP contribution >= 0.6 is 0 Å². The summed E-state index contributed by atoms with van der Waals surface area (Å²) in [7, 11) is 0. The van der Waals surface area contributed by atoms with Gasteiger partial charge in [-0.2, -0.15) is 0 Å². The van der Waals surface area contributed by atoms with Gasteiger partial charge in [0.05, 0.1) is 12.6 Å². The summed E-state index contributed by atoms with van der Waals surface area (Å²) in [4.78, 5) is 140. The van der Waals surface area contributed by atoms with Gasteiger partial charge in [0, 0.05) is 12.8 Å². The second-order valence-electron chi connectivity index (χ2n) is 16.6. The minimum atomic E-state index is -1.70. The zero-order chi connectivity index (χ0) is 50.3. The standard InChI is InChI=1S/C40H70N10O15/c1-18(2)29(50-39(63)31(20(5)6)49-35(59)24(12-14-27(52)53)44-32(56)21(7)42)37(61)43-22(8)33(57)48-30(19(3)4)38(62)45-23(11-9-10-16-41)34(58)47-26(17-51)36(60)46-25(40(64)65)13-15-28(54)55/h18-26,29-31,51H,9-17,41-42H2,1-8H3,(H,43,61)(H,44,56)(H,45,62)(H,46,60)(H,47,58)(H,48,57)(H,49,59)(H,50,63)(H,52,53)(H,54,55)(H,64,65)/t21-,22-,23-,24-,25-,26-,29-,30-,31-/m0/s1. The Morgan fingerprint density at radius 1 is 0.431 bits per heavy atom. The molecule has 0 radical (unpaired) electrons. The fourth-order valence-electron chi connectivity index (χ4n) is 5.88. The topological polar surface area (TPSA) is 417 Å². The molecule has 0 unspecified atom stereocenters. The lowest BCUT2D eigenvalue weighted by Crippen LogP contribution is -2.61. The van der Waals surface area contributed by atoms with Gasteiger partial charge in [-0.3, -0.25) is 47.9 Å². The zero-order valence-electron chi connectivity index (χ0n) is 38.2. The van der Waals surface area contributed by atoms with Crippen molar-refractivity contribution >= 4 is 65.2 Å². The number of unbranched alkanes of at least 4 members (excludes halogenated alkanes) is 1. The number of aliphatic hydroxyl groups is 1. The van der Waals surface area contributed by atoms with Gasteiger partial charge in [-0.15, -0.1) is 0 Å². The maximum absolute atomic E-state index is 13.7. The molecular weight excluding hydrogens is 860 g/mol. The number of rotatable bonds is 31. The molecule has 0 aliphatic rings. The molecule has 8 amide bonds. The zero-order valence-corrected chi connectivity index (χ0v) is 38.2. The van der Waals surface area contributed by atoms with Crippen molar-refractivity contribution in [2.75, 3.05) is 13.2 Å². The summed E-state index contributed by atoms with van der Waals surface area (Å²) in [6, 6.07) is -12.2. The van der Waals surface area contributed by atoms with Gasteiger partial charge in [-0.05, 0) is 70.3 Å². The number of hydrogen-bond acceptors (Lipinski definition) is 14. The van der Waals surface area contributed by atoms with Gasteiger partial charge in [-0.1, -0.05) is 41.5 Å². The average Bonchev–Trinajstić information content (AvgIpc) is 3.21. The summed E-state index contributed by atoms with van der Waals surface area (Å²) < 4.78 is 0. The minimum Gasteiger partial charge on any atom is -0.481 e. The Bertz CT molecular complexity index is 1680. The first-order valence-electron chi connectivity index (χ1n) is 21.3. The fourth-order valence-corrected chi connectivity index (χ4v) is 5.88. The average molecular weight is 931 g/mol. The number of carboxylic acid groups (broad SMARTS) is 3. The third-order valence-electron chi connectivity index (χ3n) is 9.84. The molecule has 16 N–H and O–H groups in total. The highest BCUT2D eigenvalue weighted by molar-refractivity contribution is 5.98. The number of amides is 8. The molecule has 25 nitrogen and oxygen atoms in total. The van der Waals surface area contributed by atoms with Gasteiger partial charge in [0.25, 0.3) is 0 Å². The van der Waals surface area contributed by atoms with Crippen molar-refractivity contribution in [3.8, 4) is 0 Å². The van der Waals surface area contributed by atoms with Crippen LogP contribution < -0.4 is 54.0 Å². The van der Waals surface area contributed by atoms with E-state index in [0.29, 0.717) is 12.8 Å². The van der Waals surface area contributed by atoms with E-state index in [1.165, 1.54) is 13.8 Å². The molecule has 25 heteroatoms. The lowest BCUT2D eigenvalue weighted by Gasteiger charge is -2.30. The smallest absolute Gasteiger partial charge is 0.326 e. The Labute approximate surface area is 377 Å². The van der Waals surface area contributed by atoms with Crippen molar-refractivity contribution in [1.29, 1.82) is 0 Å². The highest BCUT2D eigenvalue weighted by Crippen LogP contribution is 2.11. The third-order valence-corrected chi connectivity index (χ3v) is 9.84. The summed E-state index contributed by atoms with van der Waals surface area (Å²) >= 11 is 0. The summed E-state index contributed by atoms with van der Waals surface area (Å²) in [6.07, 6.45) is -1.17. The van der Waals surface area contributed by atoms with Crippen LogP contribution in [0.25, 0.3) is 0 Å². The number of nitrogens with one attached hydrogen (secondary N) is 8. The van der Waals surface area contributed by atoms with Crippen LogP contribution in [0.4, 0.5) is 0 Å². The van der Waals surface area contributed by atoms with Crippen LogP contribution in [0.2, 0.25) is 0 Å². The predicted octanol–water partition coefficient (Wildman–Crippen LogP) is -3.86. The molecular formula is C40H70N10O15. The molecule has 370 valence electrons. The van der Waals surface area contributed by atoms with E-state index in [1.807, 2.05) is 0 Å².